The normalized spacial score (nSPS) is 17.4. The van der Waals surface area contributed by atoms with Crippen molar-refractivity contribution in [1.82, 2.24) is 4.57 Å². The summed E-state index contributed by atoms with van der Waals surface area (Å²) < 4.78 is 2.50. The lowest BCUT2D eigenvalue weighted by Gasteiger charge is -2.39. The van der Waals surface area contributed by atoms with E-state index >= 15 is 0 Å². The van der Waals surface area contributed by atoms with Gasteiger partial charge < -0.3 is 4.57 Å². The van der Waals surface area contributed by atoms with Gasteiger partial charge in [0.2, 0.25) is 0 Å². The molecule has 1 atom stereocenters. The average Bonchev–Trinajstić information content (AvgIpc) is 3.35. The monoisotopic (exact) mass is 419 g/mol. The minimum atomic E-state index is -0.321. The Morgan fingerprint density at radius 1 is 0.545 bits per heavy atom. The number of benzene rings is 5. The molecule has 154 valence electrons. The molecule has 1 nitrogen and oxygen atoms in total. The molecule has 0 bridgehead atoms. The number of hydrogen-bond donors (Lipinski definition) is 0. The van der Waals surface area contributed by atoms with E-state index in [-0.39, 0.29) is 5.41 Å². The van der Waals surface area contributed by atoms with Crippen LogP contribution in [0.2, 0.25) is 0 Å². The number of para-hydroxylation sites is 3. The SMILES string of the molecule is Cc1ccc2c(c1)C1(c3ccccc3-2)c2ccccc2-n2c3ccccc3c3cccc1c32. The second-order valence-corrected chi connectivity index (χ2v) is 9.42. The standard InChI is InChI=1S/C32H21N/c1-20-17-18-22-21-9-2-4-12-25(21)32(28(22)19-20)26-13-5-7-16-30(26)33-29-15-6-3-10-23(29)24-11-8-14-27(32)31(24)33/h2-19H,1H3. The summed E-state index contributed by atoms with van der Waals surface area (Å²) >= 11 is 0. The van der Waals surface area contributed by atoms with E-state index in [0.29, 0.717) is 0 Å². The first-order valence-electron chi connectivity index (χ1n) is 11.6. The van der Waals surface area contributed by atoms with E-state index in [2.05, 4.69) is 121 Å². The van der Waals surface area contributed by atoms with Crippen LogP contribution in [-0.4, -0.2) is 4.57 Å². The van der Waals surface area contributed by atoms with Crippen LogP contribution in [0.1, 0.15) is 27.8 Å². The fourth-order valence-corrected chi connectivity index (χ4v) is 6.68. The van der Waals surface area contributed by atoms with Gasteiger partial charge in [0, 0.05) is 10.8 Å². The number of aromatic nitrogens is 1. The van der Waals surface area contributed by atoms with Gasteiger partial charge in [0.25, 0.3) is 0 Å². The topological polar surface area (TPSA) is 4.93 Å². The van der Waals surface area contributed by atoms with Crippen molar-refractivity contribution in [2.45, 2.75) is 12.3 Å². The summed E-state index contributed by atoms with van der Waals surface area (Å²) in [6, 6.07) is 40.8. The fourth-order valence-electron chi connectivity index (χ4n) is 6.68. The molecule has 0 saturated carbocycles. The van der Waals surface area contributed by atoms with Gasteiger partial charge in [-0.1, -0.05) is 103 Å². The quantitative estimate of drug-likeness (QED) is 0.237. The molecule has 1 spiro atoms. The molecule has 8 rings (SSSR count). The third-order valence-electron chi connectivity index (χ3n) is 7.85. The Kier molecular flexibility index (Phi) is 3.08. The van der Waals surface area contributed by atoms with Gasteiger partial charge in [-0.3, -0.25) is 0 Å². The van der Waals surface area contributed by atoms with E-state index in [0.717, 1.165) is 0 Å². The molecular formula is C32H21N. The van der Waals surface area contributed by atoms with Crippen LogP contribution in [0.15, 0.2) is 109 Å². The first-order valence-corrected chi connectivity index (χ1v) is 11.6. The maximum absolute atomic E-state index is 2.50. The van der Waals surface area contributed by atoms with Crippen molar-refractivity contribution in [3.63, 3.8) is 0 Å². The largest absolute Gasteiger partial charge is 0.309 e. The first kappa shape index (κ1) is 17.5. The number of nitrogens with zero attached hydrogens (tertiary/aromatic N) is 1. The van der Waals surface area contributed by atoms with Gasteiger partial charge in [-0.25, -0.2) is 0 Å². The Hall–Kier alpha value is -4.10. The molecule has 0 fully saturated rings. The van der Waals surface area contributed by atoms with Gasteiger partial charge >= 0.3 is 0 Å². The predicted octanol–water partition coefficient (Wildman–Crippen LogP) is 7.77. The lowest BCUT2D eigenvalue weighted by molar-refractivity contribution is 0.747. The molecule has 1 unspecified atom stereocenters. The van der Waals surface area contributed by atoms with Crippen molar-refractivity contribution in [3.05, 3.63) is 137 Å². The summed E-state index contributed by atoms with van der Waals surface area (Å²) in [4.78, 5) is 0. The van der Waals surface area contributed by atoms with Crippen LogP contribution in [0, 0.1) is 6.92 Å². The molecule has 0 N–H and O–H groups in total. The molecule has 33 heavy (non-hydrogen) atoms. The Morgan fingerprint density at radius 3 is 2.18 bits per heavy atom. The molecule has 2 aliphatic rings. The van der Waals surface area contributed by atoms with Crippen LogP contribution < -0.4 is 0 Å². The van der Waals surface area contributed by atoms with Gasteiger partial charge in [0.15, 0.2) is 0 Å². The van der Waals surface area contributed by atoms with Gasteiger partial charge in [0.1, 0.15) is 0 Å². The van der Waals surface area contributed by atoms with Gasteiger partial charge in [-0.05, 0) is 52.4 Å². The summed E-state index contributed by atoms with van der Waals surface area (Å²) in [5, 5.41) is 2.65. The minimum Gasteiger partial charge on any atom is -0.309 e. The third kappa shape index (κ3) is 1.88. The number of rotatable bonds is 0. The summed E-state index contributed by atoms with van der Waals surface area (Å²) in [7, 11) is 0. The van der Waals surface area contributed by atoms with Crippen molar-refractivity contribution in [1.29, 1.82) is 0 Å². The Morgan fingerprint density at radius 2 is 1.24 bits per heavy atom. The minimum absolute atomic E-state index is 0.321. The highest BCUT2D eigenvalue weighted by atomic mass is 15.0. The van der Waals surface area contributed by atoms with E-state index < -0.39 is 0 Å². The highest BCUT2D eigenvalue weighted by Gasteiger charge is 2.50. The second-order valence-electron chi connectivity index (χ2n) is 9.42. The smallest absolute Gasteiger partial charge is 0.0754 e. The Bertz CT molecular complexity index is 1780. The Labute approximate surface area is 192 Å². The molecule has 1 heteroatoms. The molecule has 5 aromatic carbocycles. The van der Waals surface area contributed by atoms with Crippen molar-refractivity contribution >= 4 is 21.8 Å². The van der Waals surface area contributed by atoms with E-state index in [1.165, 1.54) is 66.4 Å². The van der Waals surface area contributed by atoms with Crippen molar-refractivity contribution in [2.75, 3.05) is 0 Å². The van der Waals surface area contributed by atoms with Gasteiger partial charge in [-0.15, -0.1) is 0 Å². The van der Waals surface area contributed by atoms with Crippen LogP contribution >= 0.6 is 0 Å². The van der Waals surface area contributed by atoms with E-state index in [1.54, 1.807) is 0 Å². The maximum atomic E-state index is 2.50. The number of aryl methyl sites for hydroxylation is 1. The summed E-state index contributed by atoms with van der Waals surface area (Å²) in [6.07, 6.45) is 0. The van der Waals surface area contributed by atoms with E-state index in [1.807, 2.05) is 0 Å². The van der Waals surface area contributed by atoms with Crippen LogP contribution in [-0.2, 0) is 5.41 Å². The average molecular weight is 420 g/mol. The molecule has 1 aromatic heterocycles. The molecule has 1 aliphatic heterocycles. The zero-order chi connectivity index (χ0) is 21.7. The molecule has 2 heterocycles. The lowest BCUT2D eigenvalue weighted by Crippen LogP contribution is -2.33. The zero-order valence-corrected chi connectivity index (χ0v) is 18.3. The van der Waals surface area contributed by atoms with Gasteiger partial charge in [0.05, 0.1) is 22.1 Å². The van der Waals surface area contributed by atoms with Crippen LogP contribution in [0.3, 0.4) is 0 Å². The number of hydrogen-bond acceptors (Lipinski definition) is 0. The number of fused-ring (bicyclic) bond motifs is 12. The third-order valence-corrected chi connectivity index (χ3v) is 7.85. The highest BCUT2D eigenvalue weighted by molar-refractivity contribution is 6.12. The van der Waals surface area contributed by atoms with Crippen molar-refractivity contribution in [3.8, 4) is 16.8 Å². The predicted molar refractivity (Wildman–Crippen MR) is 136 cm³/mol. The van der Waals surface area contributed by atoms with Gasteiger partial charge in [-0.2, -0.15) is 0 Å². The zero-order valence-electron chi connectivity index (χ0n) is 18.3. The summed E-state index contributed by atoms with van der Waals surface area (Å²) in [5.41, 5.74) is 13.1. The molecule has 0 radical (unpaired) electrons. The Balaban J connectivity index is 1.70. The second kappa shape index (κ2) is 5.82. The summed E-state index contributed by atoms with van der Waals surface area (Å²) in [5.74, 6) is 0. The van der Waals surface area contributed by atoms with Crippen LogP contribution in [0.5, 0.6) is 0 Å². The van der Waals surface area contributed by atoms with Crippen molar-refractivity contribution in [2.24, 2.45) is 0 Å². The van der Waals surface area contributed by atoms with Crippen molar-refractivity contribution < 1.29 is 0 Å². The first-order chi connectivity index (χ1) is 16.3. The lowest BCUT2D eigenvalue weighted by atomic mass is 9.65. The highest BCUT2D eigenvalue weighted by Crippen LogP contribution is 2.60. The molecule has 0 saturated heterocycles. The maximum Gasteiger partial charge on any atom is 0.0754 e. The molecule has 1 aliphatic carbocycles. The molecular weight excluding hydrogens is 398 g/mol. The van der Waals surface area contributed by atoms with E-state index in [9.17, 15) is 0 Å². The summed E-state index contributed by atoms with van der Waals surface area (Å²) in [6.45, 7) is 2.21. The van der Waals surface area contributed by atoms with Crippen LogP contribution in [0.25, 0.3) is 38.6 Å². The van der Waals surface area contributed by atoms with Crippen LogP contribution in [0.4, 0.5) is 0 Å². The molecule has 0 amide bonds. The fraction of sp³-hybridized carbons (Fsp3) is 0.0625. The van der Waals surface area contributed by atoms with E-state index in [4.69, 9.17) is 0 Å². The molecule has 6 aromatic rings.